The normalized spacial score (nSPS) is 10.7. The summed E-state index contributed by atoms with van der Waals surface area (Å²) in [6, 6.07) is 26.2. The van der Waals surface area contributed by atoms with Crippen LogP contribution in [-0.2, 0) is 6.42 Å². The van der Waals surface area contributed by atoms with E-state index in [1.165, 1.54) is 46.2 Å². The minimum absolute atomic E-state index is 1.14. The Morgan fingerprint density at radius 1 is 0.696 bits per heavy atom. The van der Waals surface area contributed by atoms with Crippen molar-refractivity contribution in [3.05, 3.63) is 83.9 Å². The fraction of sp³-hybridized carbons (Fsp3) is 0.217. The summed E-state index contributed by atoms with van der Waals surface area (Å²) in [4.78, 5) is 0. The van der Waals surface area contributed by atoms with E-state index in [4.69, 9.17) is 0 Å². The van der Waals surface area contributed by atoms with Crippen molar-refractivity contribution >= 4 is 0 Å². The van der Waals surface area contributed by atoms with Crippen molar-refractivity contribution in [2.75, 3.05) is 0 Å². The number of benzene rings is 3. The van der Waals surface area contributed by atoms with Crippen molar-refractivity contribution in [3.8, 4) is 22.3 Å². The fourth-order valence-corrected chi connectivity index (χ4v) is 3.24. The lowest BCUT2D eigenvalue weighted by atomic mass is 9.89. The maximum Gasteiger partial charge on any atom is -0.0122 e. The van der Waals surface area contributed by atoms with E-state index in [1.54, 1.807) is 0 Å². The molecule has 116 valence electrons. The van der Waals surface area contributed by atoms with Crippen LogP contribution in [0.4, 0.5) is 0 Å². The molecule has 0 bridgehead atoms. The second-order valence-electron chi connectivity index (χ2n) is 6.16. The highest BCUT2D eigenvalue weighted by atomic mass is 14.2. The summed E-state index contributed by atoms with van der Waals surface area (Å²) in [6.07, 6.45) is 3.60. The monoisotopic (exact) mass is 300 g/mol. The zero-order valence-electron chi connectivity index (χ0n) is 14.0. The Labute approximate surface area is 139 Å². The van der Waals surface area contributed by atoms with Crippen LogP contribution < -0.4 is 0 Å². The number of rotatable bonds is 5. The Morgan fingerprint density at radius 2 is 1.30 bits per heavy atom. The van der Waals surface area contributed by atoms with Gasteiger partial charge in [0.2, 0.25) is 0 Å². The largest absolute Gasteiger partial charge is 0.0654 e. The van der Waals surface area contributed by atoms with Crippen molar-refractivity contribution < 1.29 is 0 Å². The molecule has 0 saturated heterocycles. The zero-order chi connectivity index (χ0) is 16.1. The van der Waals surface area contributed by atoms with Gasteiger partial charge in [0.05, 0.1) is 0 Å². The maximum atomic E-state index is 2.39. The zero-order valence-corrected chi connectivity index (χ0v) is 14.0. The lowest BCUT2D eigenvalue weighted by molar-refractivity contribution is 0.796. The molecule has 0 nitrogen and oxygen atoms in total. The molecule has 0 aliphatic rings. The standard InChI is InChI=1S/C23H24/c1-3-4-11-21-17-22(19-12-7-5-8-13-19)16-18(2)23(21)20-14-9-6-10-15-20/h5-10,12-17H,3-4,11H2,1-2H3. The van der Waals surface area contributed by atoms with E-state index in [9.17, 15) is 0 Å². The molecule has 0 saturated carbocycles. The molecule has 0 radical (unpaired) electrons. The number of hydrogen-bond donors (Lipinski definition) is 0. The molecule has 0 heterocycles. The topological polar surface area (TPSA) is 0 Å². The summed E-state index contributed by atoms with van der Waals surface area (Å²) < 4.78 is 0. The molecule has 3 aromatic rings. The summed E-state index contributed by atoms with van der Waals surface area (Å²) in [6.45, 7) is 4.50. The number of hydrogen-bond acceptors (Lipinski definition) is 0. The van der Waals surface area contributed by atoms with Crippen molar-refractivity contribution in [2.24, 2.45) is 0 Å². The van der Waals surface area contributed by atoms with Crippen molar-refractivity contribution in [1.82, 2.24) is 0 Å². The lowest BCUT2D eigenvalue weighted by Crippen LogP contribution is -1.95. The van der Waals surface area contributed by atoms with Gasteiger partial charge >= 0.3 is 0 Å². The summed E-state index contributed by atoms with van der Waals surface area (Å²) in [5.74, 6) is 0. The summed E-state index contributed by atoms with van der Waals surface area (Å²) >= 11 is 0. The van der Waals surface area contributed by atoms with Gasteiger partial charge in [0.25, 0.3) is 0 Å². The third-order valence-corrected chi connectivity index (χ3v) is 4.39. The third kappa shape index (κ3) is 3.53. The van der Waals surface area contributed by atoms with E-state index < -0.39 is 0 Å². The van der Waals surface area contributed by atoms with E-state index >= 15 is 0 Å². The van der Waals surface area contributed by atoms with Gasteiger partial charge in [-0.05, 0) is 53.1 Å². The van der Waals surface area contributed by atoms with Gasteiger partial charge in [-0.15, -0.1) is 0 Å². The summed E-state index contributed by atoms with van der Waals surface area (Å²) in [5.41, 5.74) is 8.21. The van der Waals surface area contributed by atoms with Crippen LogP contribution >= 0.6 is 0 Å². The van der Waals surface area contributed by atoms with Gasteiger partial charge in [0.15, 0.2) is 0 Å². The van der Waals surface area contributed by atoms with Crippen LogP contribution in [0.3, 0.4) is 0 Å². The van der Waals surface area contributed by atoms with E-state index in [0.717, 1.165) is 6.42 Å². The van der Waals surface area contributed by atoms with Crippen molar-refractivity contribution in [1.29, 1.82) is 0 Å². The molecule has 0 aromatic heterocycles. The molecule has 0 aliphatic heterocycles. The molecule has 0 unspecified atom stereocenters. The van der Waals surface area contributed by atoms with E-state index in [-0.39, 0.29) is 0 Å². The van der Waals surface area contributed by atoms with Gasteiger partial charge in [-0.3, -0.25) is 0 Å². The maximum absolute atomic E-state index is 2.39. The van der Waals surface area contributed by atoms with Crippen molar-refractivity contribution in [3.63, 3.8) is 0 Å². The van der Waals surface area contributed by atoms with Gasteiger partial charge in [-0.1, -0.05) is 86.1 Å². The molecule has 0 atom stereocenters. The molecule has 3 rings (SSSR count). The first-order valence-electron chi connectivity index (χ1n) is 8.54. The fourth-order valence-electron chi connectivity index (χ4n) is 3.24. The Hall–Kier alpha value is -2.34. The van der Waals surface area contributed by atoms with Crippen LogP contribution in [0.5, 0.6) is 0 Å². The number of aryl methyl sites for hydroxylation is 2. The molecule has 23 heavy (non-hydrogen) atoms. The minimum Gasteiger partial charge on any atom is -0.0654 e. The van der Waals surface area contributed by atoms with Crippen LogP contribution in [0, 0.1) is 6.92 Å². The third-order valence-electron chi connectivity index (χ3n) is 4.39. The minimum atomic E-state index is 1.14. The quantitative estimate of drug-likeness (QED) is 0.493. The highest BCUT2D eigenvalue weighted by Gasteiger charge is 2.11. The highest BCUT2D eigenvalue weighted by molar-refractivity contribution is 5.77. The van der Waals surface area contributed by atoms with Gasteiger partial charge in [0, 0.05) is 0 Å². The predicted molar refractivity (Wildman–Crippen MR) is 101 cm³/mol. The van der Waals surface area contributed by atoms with Crippen LogP contribution in [0.2, 0.25) is 0 Å². The second-order valence-corrected chi connectivity index (χ2v) is 6.16. The predicted octanol–water partition coefficient (Wildman–Crippen LogP) is 6.67. The van der Waals surface area contributed by atoms with Crippen LogP contribution in [0.15, 0.2) is 72.8 Å². The highest BCUT2D eigenvalue weighted by Crippen LogP contribution is 2.33. The van der Waals surface area contributed by atoms with Crippen molar-refractivity contribution in [2.45, 2.75) is 33.1 Å². The molecule has 0 heteroatoms. The molecule has 0 spiro atoms. The van der Waals surface area contributed by atoms with Crippen LogP contribution in [0.1, 0.15) is 30.9 Å². The smallest absolute Gasteiger partial charge is 0.0122 e. The first-order chi connectivity index (χ1) is 11.3. The molecule has 0 amide bonds. The van der Waals surface area contributed by atoms with Gasteiger partial charge < -0.3 is 0 Å². The van der Waals surface area contributed by atoms with E-state index in [0.29, 0.717) is 0 Å². The molecule has 3 aromatic carbocycles. The summed E-state index contributed by atoms with van der Waals surface area (Å²) in [5, 5.41) is 0. The van der Waals surface area contributed by atoms with Gasteiger partial charge in [-0.25, -0.2) is 0 Å². The average Bonchev–Trinajstić information content (AvgIpc) is 2.61. The lowest BCUT2D eigenvalue weighted by Gasteiger charge is -2.16. The number of unbranched alkanes of at least 4 members (excludes halogenated alkanes) is 1. The summed E-state index contributed by atoms with van der Waals surface area (Å²) in [7, 11) is 0. The van der Waals surface area contributed by atoms with E-state index in [2.05, 4.69) is 86.6 Å². The average molecular weight is 300 g/mol. The molecular formula is C23H24. The SMILES string of the molecule is CCCCc1cc(-c2ccccc2)cc(C)c1-c1ccccc1. The Balaban J connectivity index is 2.12. The molecule has 0 aliphatic carbocycles. The Kier molecular flexibility index (Phi) is 4.92. The Morgan fingerprint density at radius 3 is 1.91 bits per heavy atom. The first kappa shape index (κ1) is 15.6. The van der Waals surface area contributed by atoms with Gasteiger partial charge in [-0.2, -0.15) is 0 Å². The molecular weight excluding hydrogens is 276 g/mol. The molecule has 0 N–H and O–H groups in total. The van der Waals surface area contributed by atoms with Crippen LogP contribution in [0.25, 0.3) is 22.3 Å². The molecule has 0 fully saturated rings. The van der Waals surface area contributed by atoms with E-state index in [1.807, 2.05) is 0 Å². The van der Waals surface area contributed by atoms with Crippen LogP contribution in [-0.4, -0.2) is 0 Å². The second kappa shape index (κ2) is 7.28. The Bertz CT molecular complexity index is 755. The van der Waals surface area contributed by atoms with Gasteiger partial charge in [0.1, 0.15) is 0 Å². The first-order valence-corrected chi connectivity index (χ1v) is 8.54.